The second kappa shape index (κ2) is 5.53. The fraction of sp³-hybridized carbons (Fsp3) is 0.294. The van der Waals surface area contributed by atoms with Crippen molar-refractivity contribution in [3.8, 4) is 0 Å². The summed E-state index contributed by atoms with van der Waals surface area (Å²) in [6.07, 6.45) is 6.13. The highest BCUT2D eigenvalue weighted by Gasteiger charge is 2.21. The van der Waals surface area contributed by atoms with Crippen molar-refractivity contribution < 1.29 is 4.39 Å². The van der Waals surface area contributed by atoms with Gasteiger partial charge in [0.15, 0.2) is 0 Å². The van der Waals surface area contributed by atoms with Gasteiger partial charge in [-0.3, -0.25) is 0 Å². The van der Waals surface area contributed by atoms with E-state index in [9.17, 15) is 4.39 Å². The molecule has 2 aromatic heterocycles. The standard InChI is InChI=1S/C17H16FN5/c1-10-19-8-11-6-13(3-5-15(11)22-10)23-17-14-7-12(18)2-4-16(14)20-9-21-17/h2,4,7-9,13H,3,5-6H2,1H3,(H,20,21,23). The topological polar surface area (TPSA) is 63.6 Å². The lowest BCUT2D eigenvalue weighted by Crippen LogP contribution is -2.28. The molecule has 0 spiro atoms. The van der Waals surface area contributed by atoms with Crippen molar-refractivity contribution in [2.75, 3.05) is 5.32 Å². The summed E-state index contributed by atoms with van der Waals surface area (Å²) in [6, 6.07) is 4.79. The number of benzene rings is 1. The highest BCUT2D eigenvalue weighted by atomic mass is 19.1. The van der Waals surface area contributed by atoms with E-state index in [2.05, 4.69) is 25.3 Å². The smallest absolute Gasteiger partial charge is 0.137 e. The molecule has 0 saturated heterocycles. The summed E-state index contributed by atoms with van der Waals surface area (Å²) in [4.78, 5) is 17.3. The van der Waals surface area contributed by atoms with Crippen LogP contribution in [-0.4, -0.2) is 26.0 Å². The number of anilines is 1. The SMILES string of the molecule is Cc1ncc2c(n1)CCC(Nc1ncnc3ccc(F)cc13)C2. The van der Waals surface area contributed by atoms with Crippen LogP contribution in [-0.2, 0) is 12.8 Å². The monoisotopic (exact) mass is 309 g/mol. The van der Waals surface area contributed by atoms with E-state index in [4.69, 9.17) is 0 Å². The van der Waals surface area contributed by atoms with E-state index < -0.39 is 0 Å². The largest absolute Gasteiger partial charge is 0.366 e. The maximum atomic E-state index is 13.5. The predicted octanol–water partition coefficient (Wildman–Crippen LogP) is 2.84. The van der Waals surface area contributed by atoms with E-state index in [-0.39, 0.29) is 11.9 Å². The highest BCUT2D eigenvalue weighted by molar-refractivity contribution is 5.88. The molecule has 3 aromatic rings. The van der Waals surface area contributed by atoms with Gasteiger partial charge in [0.2, 0.25) is 0 Å². The molecule has 23 heavy (non-hydrogen) atoms. The van der Waals surface area contributed by atoms with Gasteiger partial charge in [-0.25, -0.2) is 24.3 Å². The Hall–Kier alpha value is -2.63. The molecule has 0 aliphatic heterocycles. The minimum Gasteiger partial charge on any atom is -0.366 e. The van der Waals surface area contributed by atoms with Crippen LogP contribution in [0.2, 0.25) is 0 Å². The van der Waals surface area contributed by atoms with Crippen molar-refractivity contribution in [3.05, 3.63) is 53.6 Å². The molecule has 0 saturated carbocycles. The Bertz CT molecular complexity index is 880. The summed E-state index contributed by atoms with van der Waals surface area (Å²) in [5, 5.41) is 4.14. The van der Waals surface area contributed by atoms with Gasteiger partial charge in [-0.05, 0) is 49.9 Å². The zero-order valence-corrected chi connectivity index (χ0v) is 12.8. The van der Waals surface area contributed by atoms with E-state index in [1.165, 1.54) is 24.0 Å². The third kappa shape index (κ3) is 2.72. The molecule has 1 N–H and O–H groups in total. The fourth-order valence-electron chi connectivity index (χ4n) is 3.07. The molecule has 1 aliphatic carbocycles. The van der Waals surface area contributed by atoms with Crippen LogP contribution < -0.4 is 5.32 Å². The zero-order chi connectivity index (χ0) is 15.8. The molecule has 116 valence electrons. The second-order valence-electron chi connectivity index (χ2n) is 5.86. The minimum atomic E-state index is -0.284. The zero-order valence-electron chi connectivity index (χ0n) is 12.8. The first-order valence-corrected chi connectivity index (χ1v) is 7.67. The van der Waals surface area contributed by atoms with Gasteiger partial charge in [0.1, 0.15) is 23.8 Å². The Kier molecular flexibility index (Phi) is 3.37. The van der Waals surface area contributed by atoms with Crippen LogP contribution in [0.5, 0.6) is 0 Å². The predicted molar refractivity (Wildman–Crippen MR) is 85.7 cm³/mol. The summed E-state index contributed by atoms with van der Waals surface area (Å²) >= 11 is 0. The van der Waals surface area contributed by atoms with Gasteiger partial charge < -0.3 is 5.32 Å². The van der Waals surface area contributed by atoms with Crippen LogP contribution in [0.25, 0.3) is 10.9 Å². The van der Waals surface area contributed by atoms with Gasteiger partial charge in [-0.1, -0.05) is 0 Å². The Morgan fingerprint density at radius 2 is 2.13 bits per heavy atom. The molecule has 0 fully saturated rings. The Balaban J connectivity index is 1.62. The van der Waals surface area contributed by atoms with E-state index in [0.717, 1.165) is 36.3 Å². The summed E-state index contributed by atoms with van der Waals surface area (Å²) < 4.78 is 13.5. The van der Waals surface area contributed by atoms with E-state index >= 15 is 0 Å². The Labute approximate surface area is 133 Å². The lowest BCUT2D eigenvalue weighted by molar-refractivity contribution is 0.591. The molecule has 1 atom stereocenters. The van der Waals surface area contributed by atoms with Gasteiger partial charge in [0.25, 0.3) is 0 Å². The molecular formula is C17H16FN5. The molecule has 0 bridgehead atoms. The van der Waals surface area contributed by atoms with Gasteiger partial charge >= 0.3 is 0 Å². The van der Waals surface area contributed by atoms with Crippen molar-refractivity contribution in [2.45, 2.75) is 32.2 Å². The lowest BCUT2D eigenvalue weighted by atomic mass is 9.92. The first-order valence-electron chi connectivity index (χ1n) is 7.67. The fourth-order valence-corrected chi connectivity index (χ4v) is 3.07. The third-order valence-electron chi connectivity index (χ3n) is 4.21. The van der Waals surface area contributed by atoms with E-state index in [1.54, 1.807) is 6.07 Å². The molecule has 4 rings (SSSR count). The maximum absolute atomic E-state index is 13.5. The summed E-state index contributed by atoms with van der Waals surface area (Å²) in [5.74, 6) is 1.21. The number of halogens is 1. The van der Waals surface area contributed by atoms with Gasteiger partial charge in [-0.15, -0.1) is 0 Å². The molecule has 2 heterocycles. The first kappa shape index (κ1) is 14.0. The third-order valence-corrected chi connectivity index (χ3v) is 4.21. The number of hydrogen-bond acceptors (Lipinski definition) is 5. The molecule has 5 nitrogen and oxygen atoms in total. The number of rotatable bonds is 2. The molecule has 1 aliphatic rings. The number of nitrogens with zero attached hydrogens (tertiary/aromatic N) is 4. The van der Waals surface area contributed by atoms with Crippen LogP contribution >= 0.6 is 0 Å². The Morgan fingerprint density at radius 1 is 1.22 bits per heavy atom. The average molecular weight is 309 g/mol. The van der Waals surface area contributed by atoms with Crippen molar-refractivity contribution >= 4 is 16.7 Å². The summed E-state index contributed by atoms with van der Waals surface area (Å²) in [5.41, 5.74) is 3.04. The van der Waals surface area contributed by atoms with Crippen LogP contribution in [0.4, 0.5) is 10.2 Å². The molecule has 1 aromatic carbocycles. The lowest BCUT2D eigenvalue weighted by Gasteiger charge is -2.25. The van der Waals surface area contributed by atoms with Crippen LogP contribution in [0.1, 0.15) is 23.5 Å². The highest BCUT2D eigenvalue weighted by Crippen LogP contribution is 2.25. The number of aryl methyl sites for hydroxylation is 2. The Morgan fingerprint density at radius 3 is 3.04 bits per heavy atom. The van der Waals surface area contributed by atoms with Gasteiger partial charge in [0, 0.05) is 23.3 Å². The van der Waals surface area contributed by atoms with Crippen molar-refractivity contribution in [1.29, 1.82) is 0 Å². The van der Waals surface area contributed by atoms with Crippen molar-refractivity contribution in [1.82, 2.24) is 19.9 Å². The number of nitrogens with one attached hydrogen (secondary N) is 1. The van der Waals surface area contributed by atoms with Crippen molar-refractivity contribution in [3.63, 3.8) is 0 Å². The maximum Gasteiger partial charge on any atom is 0.137 e. The summed E-state index contributed by atoms with van der Waals surface area (Å²) in [7, 11) is 0. The van der Waals surface area contributed by atoms with Crippen LogP contribution in [0.15, 0.2) is 30.7 Å². The quantitative estimate of drug-likeness (QED) is 0.788. The van der Waals surface area contributed by atoms with Gasteiger partial charge in [-0.2, -0.15) is 0 Å². The second-order valence-corrected chi connectivity index (χ2v) is 5.86. The van der Waals surface area contributed by atoms with Gasteiger partial charge in [0.05, 0.1) is 5.52 Å². The van der Waals surface area contributed by atoms with E-state index in [1.807, 2.05) is 13.1 Å². The van der Waals surface area contributed by atoms with Crippen LogP contribution in [0, 0.1) is 12.7 Å². The normalized spacial score (nSPS) is 17.0. The minimum absolute atomic E-state index is 0.232. The van der Waals surface area contributed by atoms with E-state index in [0.29, 0.717) is 11.2 Å². The number of hydrogen-bond donors (Lipinski definition) is 1. The molecule has 0 amide bonds. The average Bonchev–Trinajstić information content (AvgIpc) is 2.55. The summed E-state index contributed by atoms with van der Waals surface area (Å²) in [6.45, 7) is 1.91. The molecule has 0 radical (unpaired) electrons. The number of aromatic nitrogens is 4. The van der Waals surface area contributed by atoms with Crippen molar-refractivity contribution in [2.24, 2.45) is 0 Å². The number of fused-ring (bicyclic) bond motifs is 2. The van der Waals surface area contributed by atoms with Crippen LogP contribution in [0.3, 0.4) is 0 Å². The first-order chi connectivity index (χ1) is 11.2. The molecule has 6 heteroatoms. The molecule has 1 unspecified atom stereocenters. The molecular weight excluding hydrogens is 293 g/mol.